The fourth-order valence-electron chi connectivity index (χ4n) is 2.79. The first-order valence-corrected chi connectivity index (χ1v) is 8.90. The molecule has 1 rings (SSSR count). The normalized spacial score (nSPS) is 14.1. The standard InChI is InChI=1S/C21H30O4/c1-6-11-17(19(21(3,4)5)20(23)24-7-2)25-18(22)15-14-16-12-9-8-10-13-16/h8-10,12-15,17,19H,6-7,11H2,1-5H3/b15-14+. The van der Waals surface area contributed by atoms with Crippen LogP contribution in [-0.4, -0.2) is 24.6 Å². The van der Waals surface area contributed by atoms with E-state index in [1.165, 1.54) is 6.08 Å². The molecule has 0 spiro atoms. The second-order valence-electron chi connectivity index (χ2n) is 7.10. The topological polar surface area (TPSA) is 52.6 Å². The number of ether oxygens (including phenoxy) is 2. The van der Waals surface area contributed by atoms with Gasteiger partial charge in [-0.2, -0.15) is 0 Å². The first-order chi connectivity index (χ1) is 11.8. The van der Waals surface area contributed by atoms with Crippen molar-refractivity contribution in [3.8, 4) is 0 Å². The minimum absolute atomic E-state index is 0.312. The molecule has 0 saturated carbocycles. The Bertz CT molecular complexity index is 569. The molecule has 1 aromatic rings. The molecule has 0 amide bonds. The van der Waals surface area contributed by atoms with Gasteiger partial charge in [-0.05, 0) is 30.4 Å². The van der Waals surface area contributed by atoms with Gasteiger partial charge in [0.15, 0.2) is 0 Å². The summed E-state index contributed by atoms with van der Waals surface area (Å²) in [5, 5.41) is 0. The van der Waals surface area contributed by atoms with E-state index in [1.54, 1.807) is 13.0 Å². The fraction of sp³-hybridized carbons (Fsp3) is 0.524. The molecular weight excluding hydrogens is 316 g/mol. The lowest BCUT2D eigenvalue weighted by molar-refractivity contribution is -0.165. The Hall–Kier alpha value is -2.10. The Morgan fingerprint density at radius 3 is 2.28 bits per heavy atom. The Morgan fingerprint density at radius 1 is 1.12 bits per heavy atom. The van der Waals surface area contributed by atoms with Crippen LogP contribution in [0.5, 0.6) is 0 Å². The summed E-state index contributed by atoms with van der Waals surface area (Å²) in [6.07, 6.45) is 4.04. The van der Waals surface area contributed by atoms with E-state index in [9.17, 15) is 9.59 Å². The van der Waals surface area contributed by atoms with Crippen molar-refractivity contribution in [2.75, 3.05) is 6.61 Å². The van der Waals surface area contributed by atoms with Crippen LogP contribution in [0.25, 0.3) is 6.08 Å². The van der Waals surface area contributed by atoms with Gasteiger partial charge in [0.1, 0.15) is 6.10 Å². The highest BCUT2D eigenvalue weighted by molar-refractivity contribution is 5.87. The second-order valence-corrected chi connectivity index (χ2v) is 7.10. The SMILES string of the molecule is CCCC(OC(=O)/C=C/c1ccccc1)C(C(=O)OCC)C(C)(C)C. The number of carbonyl (C=O) groups excluding carboxylic acids is 2. The maximum Gasteiger partial charge on any atom is 0.331 e. The summed E-state index contributed by atoms with van der Waals surface area (Å²) in [7, 11) is 0. The number of carbonyl (C=O) groups is 2. The molecule has 0 fully saturated rings. The molecule has 0 aliphatic rings. The van der Waals surface area contributed by atoms with Crippen LogP contribution in [0.15, 0.2) is 36.4 Å². The zero-order valence-electron chi connectivity index (χ0n) is 16.0. The average molecular weight is 346 g/mol. The summed E-state index contributed by atoms with van der Waals surface area (Å²) >= 11 is 0. The lowest BCUT2D eigenvalue weighted by Gasteiger charge is -2.34. The van der Waals surface area contributed by atoms with Crippen molar-refractivity contribution in [1.29, 1.82) is 0 Å². The van der Waals surface area contributed by atoms with Gasteiger partial charge in [-0.25, -0.2) is 4.79 Å². The van der Waals surface area contributed by atoms with E-state index in [0.29, 0.717) is 13.0 Å². The van der Waals surface area contributed by atoms with Gasteiger partial charge in [0.05, 0.1) is 12.5 Å². The predicted molar refractivity (Wildman–Crippen MR) is 99.8 cm³/mol. The second kappa shape index (κ2) is 10.0. The zero-order chi connectivity index (χ0) is 18.9. The molecule has 0 aliphatic heterocycles. The van der Waals surface area contributed by atoms with E-state index in [-0.39, 0.29) is 11.4 Å². The van der Waals surface area contributed by atoms with Crippen molar-refractivity contribution < 1.29 is 19.1 Å². The molecule has 2 unspecified atom stereocenters. The third-order valence-corrected chi connectivity index (χ3v) is 3.90. The monoisotopic (exact) mass is 346 g/mol. The van der Waals surface area contributed by atoms with Gasteiger partial charge in [-0.3, -0.25) is 4.79 Å². The molecule has 0 radical (unpaired) electrons. The first kappa shape index (κ1) is 20.9. The fourth-order valence-corrected chi connectivity index (χ4v) is 2.79. The summed E-state index contributed by atoms with van der Waals surface area (Å²) < 4.78 is 10.9. The maximum atomic E-state index is 12.4. The van der Waals surface area contributed by atoms with Crippen LogP contribution in [0.4, 0.5) is 0 Å². The summed E-state index contributed by atoms with van der Waals surface area (Å²) in [6.45, 7) is 9.99. The minimum atomic E-state index is -0.503. The molecular formula is C21H30O4. The van der Waals surface area contributed by atoms with Crippen molar-refractivity contribution >= 4 is 18.0 Å². The molecule has 0 saturated heterocycles. The van der Waals surface area contributed by atoms with Crippen LogP contribution in [-0.2, 0) is 19.1 Å². The molecule has 4 heteroatoms. The summed E-state index contributed by atoms with van der Waals surface area (Å²) in [4.78, 5) is 24.7. The van der Waals surface area contributed by atoms with E-state index < -0.39 is 18.0 Å². The predicted octanol–water partition coefficient (Wildman–Crippen LogP) is 4.64. The number of benzene rings is 1. The van der Waals surface area contributed by atoms with Crippen LogP contribution in [0.3, 0.4) is 0 Å². The number of hydrogen-bond donors (Lipinski definition) is 0. The Labute approximate surface area is 151 Å². The Kier molecular flexibility index (Phi) is 8.39. The van der Waals surface area contributed by atoms with Gasteiger partial charge in [0, 0.05) is 6.08 Å². The van der Waals surface area contributed by atoms with Gasteiger partial charge in [-0.1, -0.05) is 64.4 Å². The van der Waals surface area contributed by atoms with E-state index in [1.807, 2.05) is 58.0 Å². The van der Waals surface area contributed by atoms with Gasteiger partial charge < -0.3 is 9.47 Å². The Morgan fingerprint density at radius 2 is 1.76 bits per heavy atom. The molecule has 0 heterocycles. The van der Waals surface area contributed by atoms with Crippen LogP contribution in [0, 0.1) is 11.3 Å². The highest BCUT2D eigenvalue weighted by atomic mass is 16.6. The lowest BCUT2D eigenvalue weighted by Crippen LogP contribution is -2.41. The molecule has 0 aromatic heterocycles. The highest BCUT2D eigenvalue weighted by Gasteiger charge is 2.40. The molecule has 4 nitrogen and oxygen atoms in total. The first-order valence-electron chi connectivity index (χ1n) is 8.90. The van der Waals surface area contributed by atoms with Gasteiger partial charge in [0.2, 0.25) is 0 Å². The maximum absolute atomic E-state index is 12.4. The number of esters is 2. The third-order valence-electron chi connectivity index (χ3n) is 3.90. The largest absolute Gasteiger partial charge is 0.466 e. The minimum Gasteiger partial charge on any atom is -0.466 e. The smallest absolute Gasteiger partial charge is 0.331 e. The van der Waals surface area contributed by atoms with Crippen molar-refractivity contribution in [2.24, 2.45) is 11.3 Å². The van der Waals surface area contributed by atoms with Gasteiger partial charge >= 0.3 is 11.9 Å². The van der Waals surface area contributed by atoms with Crippen molar-refractivity contribution in [2.45, 2.75) is 53.6 Å². The van der Waals surface area contributed by atoms with Crippen LogP contribution < -0.4 is 0 Å². The molecule has 0 aliphatic carbocycles. The quantitative estimate of drug-likeness (QED) is 0.508. The van der Waals surface area contributed by atoms with E-state index >= 15 is 0 Å². The van der Waals surface area contributed by atoms with E-state index in [2.05, 4.69) is 0 Å². The summed E-state index contributed by atoms with van der Waals surface area (Å²) in [5.74, 6) is -1.25. The molecule has 138 valence electrons. The number of rotatable bonds is 8. The average Bonchev–Trinajstić information content (AvgIpc) is 2.53. The zero-order valence-corrected chi connectivity index (χ0v) is 16.0. The van der Waals surface area contributed by atoms with E-state index in [4.69, 9.17) is 9.47 Å². The molecule has 0 N–H and O–H groups in total. The van der Waals surface area contributed by atoms with Gasteiger partial charge in [-0.15, -0.1) is 0 Å². The highest BCUT2D eigenvalue weighted by Crippen LogP contribution is 2.33. The van der Waals surface area contributed by atoms with Crippen molar-refractivity contribution in [1.82, 2.24) is 0 Å². The van der Waals surface area contributed by atoms with Crippen LogP contribution in [0.2, 0.25) is 0 Å². The third kappa shape index (κ3) is 7.12. The molecule has 2 atom stereocenters. The van der Waals surface area contributed by atoms with Gasteiger partial charge in [0.25, 0.3) is 0 Å². The van der Waals surface area contributed by atoms with E-state index in [0.717, 1.165) is 12.0 Å². The van der Waals surface area contributed by atoms with Crippen molar-refractivity contribution in [3.63, 3.8) is 0 Å². The molecule has 0 bridgehead atoms. The summed E-state index contributed by atoms with van der Waals surface area (Å²) in [6, 6.07) is 9.54. The molecule has 25 heavy (non-hydrogen) atoms. The van der Waals surface area contributed by atoms with Crippen LogP contribution >= 0.6 is 0 Å². The van der Waals surface area contributed by atoms with Crippen molar-refractivity contribution in [3.05, 3.63) is 42.0 Å². The molecule has 1 aromatic carbocycles. The van der Waals surface area contributed by atoms with Crippen LogP contribution in [0.1, 0.15) is 53.0 Å². The Balaban J connectivity index is 2.90. The lowest BCUT2D eigenvalue weighted by atomic mass is 9.76. The number of hydrogen-bond acceptors (Lipinski definition) is 4. The summed E-state index contributed by atoms with van der Waals surface area (Å²) in [5.41, 5.74) is 0.555.